The van der Waals surface area contributed by atoms with Crippen LogP contribution in [0.25, 0.3) is 0 Å². The van der Waals surface area contributed by atoms with E-state index in [2.05, 4.69) is 24.5 Å². The highest BCUT2D eigenvalue weighted by Crippen LogP contribution is 2.09. The first-order valence-corrected chi connectivity index (χ1v) is 6.56. The molecule has 1 N–H and O–H groups in total. The largest absolute Gasteiger partial charge is 0.383 e. The van der Waals surface area contributed by atoms with Crippen LogP contribution in [0.5, 0.6) is 0 Å². The first-order chi connectivity index (χ1) is 9.15. The van der Waals surface area contributed by atoms with Crippen molar-refractivity contribution in [2.45, 2.75) is 6.42 Å². The standard InChI is InChI=1S/C14H20N2O2S/c1-12(19)16(14(17)15-9-11-18-2)10-8-13-6-4-3-5-7-13/h3-7,19H,1,8-11H2,2H3,(H,15,17). The Morgan fingerprint density at radius 1 is 1.42 bits per heavy atom. The average molecular weight is 280 g/mol. The van der Waals surface area contributed by atoms with Crippen molar-refractivity contribution in [2.75, 3.05) is 26.8 Å². The van der Waals surface area contributed by atoms with E-state index in [0.29, 0.717) is 24.7 Å². The van der Waals surface area contributed by atoms with Gasteiger partial charge in [0.15, 0.2) is 0 Å². The molecule has 0 unspecified atom stereocenters. The molecule has 0 aliphatic carbocycles. The number of hydrogen-bond donors (Lipinski definition) is 2. The highest BCUT2D eigenvalue weighted by Gasteiger charge is 2.13. The van der Waals surface area contributed by atoms with Crippen LogP contribution in [0.15, 0.2) is 41.9 Å². The number of hydrogen-bond acceptors (Lipinski definition) is 3. The molecule has 0 aromatic heterocycles. The van der Waals surface area contributed by atoms with Crippen LogP contribution in [0.2, 0.25) is 0 Å². The molecule has 0 atom stereocenters. The molecule has 0 radical (unpaired) electrons. The van der Waals surface area contributed by atoms with Gasteiger partial charge in [-0.05, 0) is 12.0 Å². The fraction of sp³-hybridized carbons (Fsp3) is 0.357. The van der Waals surface area contributed by atoms with E-state index in [4.69, 9.17) is 4.74 Å². The van der Waals surface area contributed by atoms with Crippen LogP contribution in [-0.4, -0.2) is 37.7 Å². The van der Waals surface area contributed by atoms with Gasteiger partial charge in [0.25, 0.3) is 0 Å². The summed E-state index contributed by atoms with van der Waals surface area (Å²) in [7, 11) is 1.59. The highest BCUT2D eigenvalue weighted by atomic mass is 32.1. The second kappa shape index (κ2) is 8.61. The summed E-state index contributed by atoms with van der Waals surface area (Å²) in [6, 6.07) is 9.79. The fourth-order valence-corrected chi connectivity index (χ4v) is 1.78. The molecule has 0 heterocycles. The molecule has 19 heavy (non-hydrogen) atoms. The van der Waals surface area contributed by atoms with Crippen LogP contribution in [0, 0.1) is 0 Å². The molecule has 0 saturated carbocycles. The Morgan fingerprint density at radius 3 is 2.68 bits per heavy atom. The number of carbonyl (C=O) groups excluding carboxylic acids is 1. The second-order valence-electron chi connectivity index (χ2n) is 4.03. The minimum Gasteiger partial charge on any atom is -0.383 e. The topological polar surface area (TPSA) is 41.6 Å². The Hall–Kier alpha value is -1.46. The van der Waals surface area contributed by atoms with Gasteiger partial charge in [0, 0.05) is 20.2 Å². The molecule has 1 rings (SSSR count). The number of methoxy groups -OCH3 is 1. The molecule has 0 bridgehead atoms. The van der Waals surface area contributed by atoms with Crippen molar-refractivity contribution in [3.05, 3.63) is 47.5 Å². The maximum atomic E-state index is 11.9. The summed E-state index contributed by atoms with van der Waals surface area (Å²) >= 11 is 4.16. The van der Waals surface area contributed by atoms with E-state index in [9.17, 15) is 4.79 Å². The van der Waals surface area contributed by atoms with Gasteiger partial charge in [-0.3, -0.25) is 4.90 Å². The summed E-state index contributed by atoms with van der Waals surface area (Å²) in [4.78, 5) is 13.4. The number of nitrogens with one attached hydrogen (secondary N) is 1. The van der Waals surface area contributed by atoms with E-state index in [0.717, 1.165) is 6.42 Å². The van der Waals surface area contributed by atoms with Gasteiger partial charge in [-0.15, -0.1) is 12.6 Å². The summed E-state index contributed by atoms with van der Waals surface area (Å²) in [6.07, 6.45) is 0.762. The van der Waals surface area contributed by atoms with Gasteiger partial charge in [-0.25, -0.2) is 4.79 Å². The normalized spacial score (nSPS) is 10.0. The van der Waals surface area contributed by atoms with Crippen LogP contribution in [0.4, 0.5) is 4.79 Å². The number of thiol groups is 1. The van der Waals surface area contributed by atoms with Crippen LogP contribution in [0.1, 0.15) is 5.56 Å². The van der Waals surface area contributed by atoms with E-state index in [-0.39, 0.29) is 6.03 Å². The van der Waals surface area contributed by atoms with Crippen LogP contribution in [0.3, 0.4) is 0 Å². The van der Waals surface area contributed by atoms with E-state index in [1.165, 1.54) is 10.5 Å². The quantitative estimate of drug-likeness (QED) is 0.594. The first-order valence-electron chi connectivity index (χ1n) is 6.11. The number of urea groups is 1. The maximum Gasteiger partial charge on any atom is 0.322 e. The number of rotatable bonds is 7. The van der Waals surface area contributed by atoms with Gasteiger partial charge in [0.2, 0.25) is 0 Å². The lowest BCUT2D eigenvalue weighted by Gasteiger charge is -2.22. The van der Waals surface area contributed by atoms with Gasteiger partial charge in [-0.2, -0.15) is 0 Å². The molecular formula is C14H20N2O2S. The number of amides is 2. The summed E-state index contributed by atoms with van der Waals surface area (Å²) in [6.45, 7) is 5.22. The first kappa shape index (κ1) is 15.6. The van der Waals surface area contributed by atoms with Crippen molar-refractivity contribution < 1.29 is 9.53 Å². The zero-order valence-corrected chi connectivity index (χ0v) is 12.0. The summed E-state index contributed by atoms with van der Waals surface area (Å²) < 4.78 is 4.89. The van der Waals surface area contributed by atoms with Crippen molar-refractivity contribution in [1.82, 2.24) is 10.2 Å². The van der Waals surface area contributed by atoms with Crippen molar-refractivity contribution in [2.24, 2.45) is 0 Å². The van der Waals surface area contributed by atoms with Crippen LogP contribution < -0.4 is 5.32 Å². The number of benzene rings is 1. The predicted octanol–water partition coefficient (Wildman–Crippen LogP) is 2.29. The summed E-state index contributed by atoms with van der Waals surface area (Å²) in [5.74, 6) is 0. The molecule has 1 aromatic carbocycles. The predicted molar refractivity (Wildman–Crippen MR) is 80.3 cm³/mol. The van der Waals surface area contributed by atoms with E-state index < -0.39 is 0 Å². The lowest BCUT2D eigenvalue weighted by molar-refractivity contribution is 0.187. The third-order valence-electron chi connectivity index (χ3n) is 2.61. The monoisotopic (exact) mass is 280 g/mol. The Kier molecular flexibility index (Phi) is 7.07. The SMILES string of the molecule is C=C(S)N(CCc1ccccc1)C(=O)NCCOC. The maximum absolute atomic E-state index is 11.9. The van der Waals surface area contributed by atoms with Crippen molar-refractivity contribution in [1.29, 1.82) is 0 Å². The molecule has 0 fully saturated rings. The van der Waals surface area contributed by atoms with Crippen molar-refractivity contribution in [3.8, 4) is 0 Å². The van der Waals surface area contributed by atoms with Crippen molar-refractivity contribution >= 4 is 18.7 Å². The Balaban J connectivity index is 2.48. The lowest BCUT2D eigenvalue weighted by Crippen LogP contribution is -2.40. The molecular weight excluding hydrogens is 260 g/mol. The average Bonchev–Trinajstić information content (AvgIpc) is 2.40. The van der Waals surface area contributed by atoms with Gasteiger partial charge >= 0.3 is 6.03 Å². The van der Waals surface area contributed by atoms with E-state index in [1.807, 2.05) is 30.3 Å². The zero-order chi connectivity index (χ0) is 14.1. The van der Waals surface area contributed by atoms with Crippen LogP contribution in [-0.2, 0) is 11.2 Å². The van der Waals surface area contributed by atoms with E-state index in [1.54, 1.807) is 7.11 Å². The summed E-state index contributed by atoms with van der Waals surface area (Å²) in [5, 5.41) is 3.19. The van der Waals surface area contributed by atoms with Gasteiger partial charge in [-0.1, -0.05) is 36.9 Å². The van der Waals surface area contributed by atoms with Crippen molar-refractivity contribution in [3.63, 3.8) is 0 Å². The Bertz CT molecular complexity index is 409. The molecule has 1 aromatic rings. The van der Waals surface area contributed by atoms with Gasteiger partial charge in [0.05, 0.1) is 11.6 Å². The Morgan fingerprint density at radius 2 is 2.11 bits per heavy atom. The summed E-state index contributed by atoms with van der Waals surface area (Å²) in [5.41, 5.74) is 1.17. The van der Waals surface area contributed by atoms with Gasteiger partial charge < -0.3 is 10.1 Å². The molecule has 104 valence electrons. The minimum absolute atomic E-state index is 0.201. The minimum atomic E-state index is -0.201. The molecule has 4 nitrogen and oxygen atoms in total. The lowest BCUT2D eigenvalue weighted by atomic mass is 10.1. The number of ether oxygens (including phenoxy) is 1. The smallest absolute Gasteiger partial charge is 0.322 e. The molecule has 0 saturated heterocycles. The molecule has 0 spiro atoms. The second-order valence-corrected chi connectivity index (χ2v) is 4.54. The Labute approximate surface area is 119 Å². The molecule has 2 amide bonds. The number of nitrogens with zero attached hydrogens (tertiary/aromatic N) is 1. The van der Waals surface area contributed by atoms with Crippen LogP contribution >= 0.6 is 12.6 Å². The zero-order valence-electron chi connectivity index (χ0n) is 11.1. The van der Waals surface area contributed by atoms with E-state index >= 15 is 0 Å². The van der Waals surface area contributed by atoms with Gasteiger partial charge in [0.1, 0.15) is 0 Å². The third kappa shape index (κ3) is 5.81. The molecule has 0 aliphatic rings. The third-order valence-corrected chi connectivity index (χ3v) is 2.85. The molecule has 5 heteroatoms. The number of carbonyl (C=O) groups is 1. The fourth-order valence-electron chi connectivity index (χ4n) is 1.59. The highest BCUT2D eigenvalue weighted by molar-refractivity contribution is 7.84. The molecule has 0 aliphatic heterocycles.